The van der Waals surface area contributed by atoms with Gasteiger partial charge < -0.3 is 24.1 Å². The Morgan fingerprint density at radius 3 is 1.69 bits per heavy atom. The molecule has 1 saturated heterocycles. The van der Waals surface area contributed by atoms with Crippen LogP contribution in [-0.2, 0) is 49.7 Å². The van der Waals surface area contributed by atoms with Gasteiger partial charge in [-0.05, 0) is 42.7 Å². The molecule has 304 valence electrons. The lowest BCUT2D eigenvalue weighted by atomic mass is 10.1. The van der Waals surface area contributed by atoms with Crippen molar-refractivity contribution in [3.05, 3.63) is 59.2 Å². The first-order chi connectivity index (χ1) is 26.1. The summed E-state index contributed by atoms with van der Waals surface area (Å²) in [7, 11) is 0. The molecular formula is C36H46F4N4O10S. The second-order valence-corrected chi connectivity index (χ2v) is 13.7. The predicted octanol–water partition coefficient (Wildman–Crippen LogP) is 4.94. The minimum Gasteiger partial charge on any atom is -0.420 e. The summed E-state index contributed by atoms with van der Waals surface area (Å²) in [6.45, 7) is 5.95. The van der Waals surface area contributed by atoms with Crippen molar-refractivity contribution in [1.29, 1.82) is 0 Å². The molecule has 19 heteroatoms. The highest BCUT2D eigenvalue weighted by molar-refractivity contribution is 7.99. The topological polar surface area (TPSA) is 144 Å². The summed E-state index contributed by atoms with van der Waals surface area (Å²) in [4.78, 5) is 82.7. The van der Waals surface area contributed by atoms with Gasteiger partial charge in [-0.25, -0.2) is 8.78 Å². The van der Waals surface area contributed by atoms with E-state index in [-0.39, 0.29) is 58.3 Å². The van der Waals surface area contributed by atoms with Gasteiger partial charge in [0.1, 0.15) is 0 Å². The van der Waals surface area contributed by atoms with Gasteiger partial charge in [0.05, 0.1) is 51.9 Å². The minimum atomic E-state index is -1.77. The zero-order valence-electron chi connectivity index (χ0n) is 31.2. The van der Waals surface area contributed by atoms with E-state index in [1.165, 1.54) is 47.9 Å². The Balaban J connectivity index is 1.59. The van der Waals surface area contributed by atoms with Crippen molar-refractivity contribution in [2.75, 3.05) is 51.6 Å². The minimum absolute atomic E-state index is 0.0350. The van der Waals surface area contributed by atoms with Gasteiger partial charge in [0.25, 0.3) is 0 Å². The summed E-state index contributed by atoms with van der Waals surface area (Å²) in [5.74, 6) is -10.8. The molecule has 0 aromatic heterocycles. The van der Waals surface area contributed by atoms with E-state index in [1.54, 1.807) is 11.8 Å². The number of esters is 1. The Morgan fingerprint density at radius 1 is 0.655 bits per heavy atom. The zero-order chi connectivity index (χ0) is 40.5. The molecule has 0 radical (unpaired) electrons. The Labute approximate surface area is 320 Å². The van der Waals surface area contributed by atoms with Gasteiger partial charge in [-0.1, -0.05) is 25.0 Å². The maximum atomic E-state index is 13.7. The third-order valence-corrected chi connectivity index (χ3v) is 8.93. The van der Waals surface area contributed by atoms with Crippen molar-refractivity contribution in [2.45, 2.75) is 77.2 Å². The van der Waals surface area contributed by atoms with Crippen LogP contribution in [0.1, 0.15) is 65.4 Å². The van der Waals surface area contributed by atoms with Crippen molar-refractivity contribution in [3.8, 4) is 5.75 Å². The molecule has 2 aromatic rings. The summed E-state index contributed by atoms with van der Waals surface area (Å²) >= 11 is 1.61. The third kappa shape index (κ3) is 16.5. The molecule has 1 unspecified atom stereocenters. The summed E-state index contributed by atoms with van der Waals surface area (Å²) in [6.07, 6.45) is 2.68. The molecule has 14 nitrogen and oxygen atoms in total. The number of nitrogens with zero attached hydrogens (tertiary/aromatic N) is 4. The molecule has 1 aliphatic heterocycles. The molecule has 1 fully saturated rings. The van der Waals surface area contributed by atoms with Crippen LogP contribution in [0.5, 0.6) is 5.75 Å². The molecule has 0 spiro atoms. The lowest BCUT2D eigenvalue weighted by Gasteiger charge is -2.35. The standard InChI is InChI=1S/C36H46F4N4O10S/c1-24(45)51-41-14-15-42(52-25(2)46)18-19-44(54-27(4)48)29(23-43(17-16-41)53-26(3)47)21-28-10-12-30(13-11-28)55-20-8-6-5-7-9-33(49)50-36-34(39)31(37)22-32(38)35(36)40/h10-13,22,29H,5-9,14-21,23H2,1-4H3. The number of rotatable bonds is 15. The van der Waals surface area contributed by atoms with E-state index in [1.807, 2.05) is 24.3 Å². The molecular weight excluding hydrogens is 756 g/mol. The summed E-state index contributed by atoms with van der Waals surface area (Å²) < 4.78 is 58.7. The molecule has 3 rings (SSSR count). The molecule has 1 atom stereocenters. The number of hydrogen-bond donors (Lipinski definition) is 0. The number of thioether (sulfide) groups is 1. The van der Waals surface area contributed by atoms with E-state index in [9.17, 15) is 41.5 Å². The van der Waals surface area contributed by atoms with Gasteiger partial charge in [0, 0.05) is 45.1 Å². The van der Waals surface area contributed by atoms with Gasteiger partial charge in [-0.2, -0.15) is 8.78 Å². The van der Waals surface area contributed by atoms with E-state index in [0.29, 0.717) is 19.3 Å². The van der Waals surface area contributed by atoms with E-state index in [2.05, 4.69) is 4.74 Å². The first kappa shape index (κ1) is 45.1. The van der Waals surface area contributed by atoms with Crippen LogP contribution in [0.25, 0.3) is 0 Å². The number of hydroxylamine groups is 8. The average Bonchev–Trinajstić information content (AvgIpc) is 3.10. The Morgan fingerprint density at radius 2 is 1.15 bits per heavy atom. The normalized spacial score (nSPS) is 16.7. The molecule has 0 N–H and O–H groups in total. The molecule has 1 heterocycles. The highest BCUT2D eigenvalue weighted by Gasteiger charge is 2.29. The second kappa shape index (κ2) is 22.9. The SMILES string of the molecule is CC(=O)ON1CCN(OC(C)=O)CCN(OC(C)=O)C(Cc2ccc(SCCCCCCC(=O)Oc3c(F)c(F)cc(F)c3F)cc2)CN(OC(C)=O)CC1. The summed E-state index contributed by atoms with van der Waals surface area (Å²) in [5, 5.41) is 5.67. The first-order valence-electron chi connectivity index (χ1n) is 17.6. The largest absolute Gasteiger partial charge is 0.420 e. The van der Waals surface area contributed by atoms with Crippen LogP contribution < -0.4 is 4.74 Å². The summed E-state index contributed by atoms with van der Waals surface area (Å²) in [5.41, 5.74) is 0.882. The van der Waals surface area contributed by atoms with Gasteiger partial charge in [0.15, 0.2) is 11.6 Å². The number of halogens is 4. The van der Waals surface area contributed by atoms with Crippen molar-refractivity contribution < 1.29 is 65.6 Å². The molecule has 55 heavy (non-hydrogen) atoms. The number of unbranched alkanes of at least 4 members (excludes halogenated alkanes) is 3. The molecule has 0 amide bonds. The monoisotopic (exact) mass is 802 g/mol. The van der Waals surface area contributed by atoms with Gasteiger partial charge in [-0.15, -0.1) is 32.0 Å². The summed E-state index contributed by atoms with van der Waals surface area (Å²) in [6, 6.07) is 7.23. The van der Waals surface area contributed by atoms with Crippen LogP contribution in [0, 0.1) is 23.3 Å². The molecule has 2 aromatic carbocycles. The van der Waals surface area contributed by atoms with Crippen molar-refractivity contribution >= 4 is 41.6 Å². The van der Waals surface area contributed by atoms with Crippen LogP contribution in [0.4, 0.5) is 17.6 Å². The maximum absolute atomic E-state index is 13.7. The van der Waals surface area contributed by atoms with E-state index < -0.39 is 64.9 Å². The number of hydrogen-bond acceptors (Lipinski definition) is 15. The first-order valence-corrected chi connectivity index (χ1v) is 18.6. The maximum Gasteiger partial charge on any atom is 0.322 e. The highest BCUT2D eigenvalue weighted by atomic mass is 32.2. The fourth-order valence-corrected chi connectivity index (χ4v) is 6.37. The third-order valence-electron chi connectivity index (χ3n) is 7.83. The zero-order valence-corrected chi connectivity index (χ0v) is 32.0. The molecule has 1 aliphatic rings. The van der Waals surface area contributed by atoms with Crippen molar-refractivity contribution in [1.82, 2.24) is 20.3 Å². The van der Waals surface area contributed by atoms with Crippen LogP contribution in [0.2, 0.25) is 0 Å². The molecule has 0 bridgehead atoms. The van der Waals surface area contributed by atoms with Crippen LogP contribution in [0.15, 0.2) is 35.2 Å². The number of carbonyl (C=O) groups excluding carboxylic acids is 5. The lowest BCUT2D eigenvalue weighted by molar-refractivity contribution is -0.238. The average molecular weight is 803 g/mol. The lowest BCUT2D eigenvalue weighted by Crippen LogP contribution is -2.51. The molecule has 0 saturated carbocycles. The smallest absolute Gasteiger partial charge is 0.322 e. The Hall–Kier alpha value is -4.30. The number of carbonyl (C=O) groups is 5. The van der Waals surface area contributed by atoms with Gasteiger partial charge in [0.2, 0.25) is 17.4 Å². The van der Waals surface area contributed by atoms with Crippen LogP contribution >= 0.6 is 11.8 Å². The van der Waals surface area contributed by atoms with E-state index in [0.717, 1.165) is 29.1 Å². The number of benzene rings is 2. The molecule has 0 aliphatic carbocycles. The van der Waals surface area contributed by atoms with Crippen molar-refractivity contribution in [3.63, 3.8) is 0 Å². The fraction of sp³-hybridized carbons (Fsp3) is 0.528. The quantitative estimate of drug-likeness (QED) is 0.0599. The Bertz CT molecular complexity index is 1600. The Kier molecular flexibility index (Phi) is 18.8. The number of ether oxygens (including phenoxy) is 1. The van der Waals surface area contributed by atoms with Gasteiger partial charge >= 0.3 is 29.8 Å². The van der Waals surface area contributed by atoms with E-state index >= 15 is 0 Å². The highest BCUT2D eigenvalue weighted by Crippen LogP contribution is 2.27. The van der Waals surface area contributed by atoms with Crippen molar-refractivity contribution in [2.24, 2.45) is 0 Å². The fourth-order valence-electron chi connectivity index (χ4n) is 5.46. The predicted molar refractivity (Wildman–Crippen MR) is 188 cm³/mol. The van der Waals surface area contributed by atoms with Gasteiger partial charge in [-0.3, -0.25) is 24.0 Å². The van der Waals surface area contributed by atoms with E-state index in [4.69, 9.17) is 19.4 Å². The van der Waals surface area contributed by atoms with Crippen LogP contribution in [-0.4, -0.2) is 108 Å². The second-order valence-electron chi connectivity index (χ2n) is 12.5. The van der Waals surface area contributed by atoms with Crippen LogP contribution in [0.3, 0.4) is 0 Å².